The first-order valence-electron chi connectivity index (χ1n) is 17.9. The van der Waals surface area contributed by atoms with E-state index in [0.717, 1.165) is 0 Å². The molecule has 2 heterocycles. The van der Waals surface area contributed by atoms with Crippen molar-refractivity contribution in [3.05, 3.63) is 165 Å². The molecule has 6 aromatic rings. The Morgan fingerprint density at radius 3 is 1.30 bits per heavy atom. The summed E-state index contributed by atoms with van der Waals surface area (Å²) in [5.74, 6) is -0.255. The second kappa shape index (κ2) is 20.7. The third-order valence-corrected chi connectivity index (χ3v) is 8.99. The summed E-state index contributed by atoms with van der Waals surface area (Å²) >= 11 is 11.6. The average Bonchev–Trinajstić information content (AvgIpc) is 3.27. The quantitative estimate of drug-likeness (QED) is 0.0485. The molecule has 18 heteroatoms. The van der Waals surface area contributed by atoms with Gasteiger partial charge in [-0.2, -0.15) is 0 Å². The number of amidine groups is 2. The molecule has 0 aliphatic rings. The molecule has 0 bridgehead atoms. The van der Waals surface area contributed by atoms with Crippen LogP contribution in [-0.2, 0) is 0 Å². The summed E-state index contributed by atoms with van der Waals surface area (Å²) in [6.07, 6.45) is 2.83. The Kier molecular flexibility index (Phi) is 15.1. The SMILES string of the molecule is CN=C(N)c1ccc(C(=O)Nc2c(OC)cccc2C(=O)Nc2ccc(Cl)cn2)cc1.COc1cccc(C(=O)Nc2ccc(Cl)cn2)c1NC(=O)c1ccc(C(=N)N)cc1. The fraction of sp³-hybridized carbons (Fsp3) is 0.0698. The van der Waals surface area contributed by atoms with E-state index in [1.807, 2.05) is 0 Å². The van der Waals surface area contributed by atoms with E-state index in [1.54, 1.807) is 116 Å². The van der Waals surface area contributed by atoms with Gasteiger partial charge in [0.1, 0.15) is 34.8 Å². The largest absolute Gasteiger partial charge is 0.495 e. The second-order valence-electron chi connectivity index (χ2n) is 12.5. The molecule has 0 saturated heterocycles. The maximum atomic E-state index is 12.8. The van der Waals surface area contributed by atoms with Crippen LogP contribution in [0.2, 0.25) is 10.0 Å². The zero-order valence-electron chi connectivity index (χ0n) is 32.7. The highest BCUT2D eigenvalue weighted by atomic mass is 35.5. The van der Waals surface area contributed by atoms with Crippen LogP contribution in [0.4, 0.5) is 23.0 Å². The standard InChI is InChI=1S/C22H20ClN5O3.C21H18ClN5O3/c1-25-20(24)13-6-8-14(9-7-13)21(29)28-19-16(4-3-5-17(19)31-2)22(30)27-18-11-10-15(23)12-26-18;1-30-16-4-2-3-15(21(29)26-17-10-9-14(22)11-25-17)18(16)27-20(28)13-7-5-12(6-8-13)19(23)24/h3-12H,1-2H3,(H2,24,25)(H,28,29)(H,26,27,30);2-11H,1H3,(H3,23,24)(H,27,28)(H,25,26,29). The van der Waals surface area contributed by atoms with Crippen LogP contribution in [0.5, 0.6) is 11.5 Å². The molecule has 4 amide bonds. The molecule has 2 aromatic heterocycles. The fourth-order valence-electron chi connectivity index (χ4n) is 5.40. The molecule has 0 radical (unpaired) electrons. The Hall–Kier alpha value is -7.82. The molecular weight excluding hydrogens is 823 g/mol. The van der Waals surface area contributed by atoms with Gasteiger partial charge in [-0.3, -0.25) is 29.6 Å². The summed E-state index contributed by atoms with van der Waals surface area (Å²) in [5.41, 5.74) is 14.0. The van der Waals surface area contributed by atoms with Crippen molar-refractivity contribution in [3.63, 3.8) is 0 Å². The van der Waals surface area contributed by atoms with E-state index >= 15 is 0 Å². The van der Waals surface area contributed by atoms with Crippen LogP contribution in [0.15, 0.2) is 127 Å². The van der Waals surface area contributed by atoms with Gasteiger partial charge in [-0.15, -0.1) is 0 Å². The summed E-state index contributed by atoms with van der Waals surface area (Å²) in [6.45, 7) is 0. The number of pyridine rings is 2. The predicted octanol–water partition coefficient (Wildman–Crippen LogP) is 7.12. The smallest absolute Gasteiger partial charge is 0.259 e. The van der Waals surface area contributed by atoms with Crippen molar-refractivity contribution >= 4 is 81.5 Å². The lowest BCUT2D eigenvalue weighted by atomic mass is 10.1. The van der Waals surface area contributed by atoms with Crippen molar-refractivity contribution < 1.29 is 28.7 Å². The number of anilines is 4. The first-order valence-corrected chi connectivity index (χ1v) is 18.7. The van der Waals surface area contributed by atoms with Gasteiger partial charge >= 0.3 is 0 Å². The molecule has 61 heavy (non-hydrogen) atoms. The van der Waals surface area contributed by atoms with E-state index in [0.29, 0.717) is 61.3 Å². The minimum Gasteiger partial charge on any atom is -0.495 e. The Morgan fingerprint density at radius 2 is 0.951 bits per heavy atom. The number of amides is 4. The van der Waals surface area contributed by atoms with Crippen molar-refractivity contribution in [2.75, 3.05) is 42.5 Å². The number of ether oxygens (including phenoxy) is 2. The number of carbonyl (C=O) groups is 4. The van der Waals surface area contributed by atoms with Crippen molar-refractivity contribution in [2.45, 2.75) is 0 Å². The fourth-order valence-corrected chi connectivity index (χ4v) is 5.62. The number of methoxy groups -OCH3 is 2. The van der Waals surface area contributed by atoms with Crippen molar-refractivity contribution in [1.82, 2.24) is 9.97 Å². The van der Waals surface area contributed by atoms with Gasteiger partial charge < -0.3 is 42.2 Å². The lowest BCUT2D eigenvalue weighted by Crippen LogP contribution is -2.19. The van der Waals surface area contributed by atoms with Gasteiger partial charge in [-0.1, -0.05) is 59.6 Å². The van der Waals surface area contributed by atoms with E-state index in [2.05, 4.69) is 36.2 Å². The highest BCUT2D eigenvalue weighted by Gasteiger charge is 2.21. The number of aliphatic imine (C=N–C) groups is 1. The third-order valence-electron chi connectivity index (χ3n) is 8.54. The molecule has 0 fully saturated rings. The van der Waals surface area contributed by atoms with E-state index < -0.39 is 23.6 Å². The zero-order chi connectivity index (χ0) is 44.1. The molecular formula is C43H38Cl2N10O6. The van der Waals surface area contributed by atoms with Gasteiger partial charge in [0, 0.05) is 41.7 Å². The topological polar surface area (TPSA) is 249 Å². The number of halogens is 2. The normalized spacial score (nSPS) is 10.6. The second-order valence-corrected chi connectivity index (χ2v) is 13.4. The number of hydrogen-bond acceptors (Lipinski definition) is 10. The van der Waals surface area contributed by atoms with Crippen LogP contribution in [0.25, 0.3) is 0 Å². The van der Waals surface area contributed by atoms with Crippen LogP contribution in [0, 0.1) is 5.41 Å². The number of nitrogens with zero attached hydrogens (tertiary/aromatic N) is 3. The monoisotopic (exact) mass is 860 g/mol. The first-order chi connectivity index (χ1) is 29.3. The number of carbonyl (C=O) groups excluding carboxylic acids is 4. The van der Waals surface area contributed by atoms with Gasteiger partial charge in [0.05, 0.1) is 46.8 Å². The number of rotatable bonds is 12. The van der Waals surface area contributed by atoms with E-state index in [9.17, 15) is 19.2 Å². The van der Waals surface area contributed by atoms with E-state index in [-0.39, 0.29) is 28.3 Å². The van der Waals surface area contributed by atoms with Crippen molar-refractivity contribution in [3.8, 4) is 11.5 Å². The Labute approximate surface area is 359 Å². The number of aromatic nitrogens is 2. The molecule has 0 atom stereocenters. The number of nitrogen functional groups attached to an aromatic ring is 1. The molecule has 0 unspecified atom stereocenters. The molecule has 0 aliphatic heterocycles. The zero-order valence-corrected chi connectivity index (χ0v) is 34.3. The third kappa shape index (κ3) is 11.7. The lowest BCUT2D eigenvalue weighted by Gasteiger charge is -2.15. The highest BCUT2D eigenvalue weighted by molar-refractivity contribution is 6.30. The Bertz CT molecular complexity index is 2590. The van der Waals surface area contributed by atoms with Crippen LogP contribution >= 0.6 is 23.2 Å². The van der Waals surface area contributed by atoms with Crippen LogP contribution < -0.4 is 42.2 Å². The molecule has 6 rings (SSSR count). The number of nitrogens with two attached hydrogens (primary N) is 2. The molecule has 0 saturated carbocycles. The van der Waals surface area contributed by atoms with Gasteiger partial charge in [0.2, 0.25) is 0 Å². The summed E-state index contributed by atoms with van der Waals surface area (Å²) in [7, 11) is 4.48. The van der Waals surface area contributed by atoms with Gasteiger partial charge in [0.15, 0.2) is 0 Å². The van der Waals surface area contributed by atoms with E-state index in [1.165, 1.54) is 26.6 Å². The van der Waals surface area contributed by atoms with Crippen LogP contribution in [0.1, 0.15) is 52.6 Å². The molecule has 16 nitrogen and oxygen atoms in total. The number of hydrogen-bond donors (Lipinski definition) is 7. The van der Waals surface area contributed by atoms with Gasteiger partial charge in [0.25, 0.3) is 23.6 Å². The summed E-state index contributed by atoms with van der Waals surface area (Å²) in [6, 6.07) is 28.9. The average molecular weight is 862 g/mol. The number of benzene rings is 4. The summed E-state index contributed by atoms with van der Waals surface area (Å²) < 4.78 is 10.7. The molecule has 0 spiro atoms. The Morgan fingerprint density at radius 1 is 0.557 bits per heavy atom. The highest BCUT2D eigenvalue weighted by Crippen LogP contribution is 2.31. The summed E-state index contributed by atoms with van der Waals surface area (Å²) in [5, 5.41) is 19.1. The predicted molar refractivity (Wildman–Crippen MR) is 237 cm³/mol. The number of para-hydroxylation sites is 2. The van der Waals surface area contributed by atoms with Crippen molar-refractivity contribution in [1.29, 1.82) is 5.41 Å². The number of nitrogens with one attached hydrogen (secondary N) is 5. The molecule has 310 valence electrons. The maximum Gasteiger partial charge on any atom is 0.259 e. The van der Waals surface area contributed by atoms with Gasteiger partial charge in [-0.25, -0.2) is 9.97 Å². The minimum atomic E-state index is -0.481. The lowest BCUT2D eigenvalue weighted by molar-refractivity contribution is 0.101. The van der Waals surface area contributed by atoms with Crippen molar-refractivity contribution in [2.24, 2.45) is 16.5 Å². The maximum absolute atomic E-state index is 12.8. The van der Waals surface area contributed by atoms with E-state index in [4.69, 9.17) is 49.6 Å². The van der Waals surface area contributed by atoms with Gasteiger partial charge in [-0.05, 0) is 72.8 Å². The first kappa shape index (κ1) is 44.3. The molecule has 0 aliphatic carbocycles. The minimum absolute atomic E-state index is 0.0959. The Balaban J connectivity index is 0.000000231. The molecule has 4 aromatic carbocycles. The summed E-state index contributed by atoms with van der Waals surface area (Å²) in [4.78, 5) is 63.2. The van der Waals surface area contributed by atoms with Crippen LogP contribution in [0.3, 0.4) is 0 Å². The molecule has 9 N–H and O–H groups in total. The van der Waals surface area contributed by atoms with Crippen LogP contribution in [-0.4, -0.2) is 66.5 Å².